The molecule has 5 rings (SSSR count). The van der Waals surface area contributed by atoms with E-state index in [0.29, 0.717) is 35.7 Å². The number of amides is 2. The number of hydrogen-bond acceptors (Lipinski definition) is 4. The summed E-state index contributed by atoms with van der Waals surface area (Å²) in [4.78, 5) is 41.1. The summed E-state index contributed by atoms with van der Waals surface area (Å²) < 4.78 is 0. The second-order valence-electron chi connectivity index (χ2n) is 12.4. The molecule has 0 aromatic heterocycles. The number of benzene rings is 3. The van der Waals surface area contributed by atoms with E-state index in [1.807, 2.05) is 67.3 Å². The maximum atomic E-state index is 13.9. The highest BCUT2D eigenvalue weighted by atomic mass is 35.5. The Morgan fingerprint density at radius 3 is 2.17 bits per heavy atom. The number of ketones is 1. The number of carbonyl (C=O) groups is 3. The van der Waals surface area contributed by atoms with Crippen LogP contribution < -0.4 is 5.32 Å². The van der Waals surface area contributed by atoms with Crippen molar-refractivity contribution >= 4 is 29.2 Å². The van der Waals surface area contributed by atoms with Gasteiger partial charge >= 0.3 is 0 Å². The molecule has 1 aliphatic carbocycles. The largest absolute Gasteiger partial charge is 0.384 e. The monoisotopic (exact) mass is 586 g/mol. The SMILES string of the molecule is CC(=O)c1cccc(-c2cccc(C(=O)N[C@@H]3CCCC[C@@H]3C(=O)N3CC[C@](O)(c4ccc(Cl)cc4)C(C)(C)C3)c2)c1. The molecule has 2 N–H and O–H groups in total. The van der Waals surface area contributed by atoms with E-state index in [1.165, 1.54) is 6.92 Å². The highest BCUT2D eigenvalue weighted by molar-refractivity contribution is 6.30. The molecule has 0 unspecified atom stereocenters. The van der Waals surface area contributed by atoms with Gasteiger partial charge in [-0.15, -0.1) is 0 Å². The smallest absolute Gasteiger partial charge is 0.251 e. The van der Waals surface area contributed by atoms with E-state index in [9.17, 15) is 19.5 Å². The van der Waals surface area contributed by atoms with Gasteiger partial charge in [0.1, 0.15) is 0 Å². The molecule has 0 spiro atoms. The zero-order valence-electron chi connectivity index (χ0n) is 24.5. The summed E-state index contributed by atoms with van der Waals surface area (Å²) in [6.07, 6.45) is 3.79. The first-order valence-corrected chi connectivity index (χ1v) is 15.2. The average molecular weight is 587 g/mol. The van der Waals surface area contributed by atoms with Gasteiger partial charge in [0.25, 0.3) is 5.91 Å². The number of rotatable bonds is 6. The molecule has 1 heterocycles. The fourth-order valence-electron chi connectivity index (χ4n) is 6.61. The first kappa shape index (κ1) is 30.0. The summed E-state index contributed by atoms with van der Waals surface area (Å²) in [7, 11) is 0. The first-order chi connectivity index (χ1) is 20.0. The molecule has 42 heavy (non-hydrogen) atoms. The third-order valence-corrected chi connectivity index (χ3v) is 9.46. The number of piperidine rings is 1. The summed E-state index contributed by atoms with van der Waals surface area (Å²) in [6, 6.07) is 21.8. The zero-order valence-corrected chi connectivity index (χ0v) is 25.3. The Bertz CT molecular complexity index is 1480. The van der Waals surface area contributed by atoms with Crippen LogP contribution >= 0.6 is 11.6 Å². The lowest BCUT2D eigenvalue weighted by molar-refractivity contribution is -0.158. The van der Waals surface area contributed by atoms with Gasteiger partial charge in [0.2, 0.25) is 5.91 Å². The number of nitrogens with one attached hydrogen (secondary N) is 1. The Labute approximate surface area is 253 Å². The van der Waals surface area contributed by atoms with Crippen molar-refractivity contribution in [2.45, 2.75) is 64.5 Å². The van der Waals surface area contributed by atoms with Crippen LogP contribution in [0, 0.1) is 11.3 Å². The molecule has 220 valence electrons. The Morgan fingerprint density at radius 2 is 1.52 bits per heavy atom. The minimum atomic E-state index is -1.08. The van der Waals surface area contributed by atoms with E-state index < -0.39 is 11.0 Å². The van der Waals surface area contributed by atoms with Gasteiger partial charge in [0.05, 0.1) is 11.5 Å². The van der Waals surface area contributed by atoms with Crippen LogP contribution in [0.15, 0.2) is 72.8 Å². The van der Waals surface area contributed by atoms with Gasteiger partial charge in [-0.25, -0.2) is 0 Å². The highest BCUT2D eigenvalue weighted by Crippen LogP contribution is 2.46. The summed E-state index contributed by atoms with van der Waals surface area (Å²) in [5.41, 5.74) is 2.01. The topological polar surface area (TPSA) is 86.7 Å². The van der Waals surface area contributed by atoms with Crippen molar-refractivity contribution in [1.82, 2.24) is 10.2 Å². The van der Waals surface area contributed by atoms with Crippen LogP contribution in [-0.2, 0) is 10.4 Å². The summed E-state index contributed by atoms with van der Waals surface area (Å²) in [6.45, 7) is 6.40. The number of carbonyl (C=O) groups excluding carboxylic acids is 3. The summed E-state index contributed by atoms with van der Waals surface area (Å²) in [5, 5.41) is 15.6. The maximum Gasteiger partial charge on any atom is 0.251 e. The van der Waals surface area contributed by atoms with Crippen LogP contribution in [0.4, 0.5) is 0 Å². The van der Waals surface area contributed by atoms with Crippen LogP contribution in [0.1, 0.15) is 79.2 Å². The fourth-order valence-corrected chi connectivity index (χ4v) is 6.74. The lowest BCUT2D eigenvalue weighted by Gasteiger charge is -2.51. The van der Waals surface area contributed by atoms with Gasteiger partial charge in [-0.2, -0.15) is 0 Å². The molecule has 0 radical (unpaired) electrons. The van der Waals surface area contributed by atoms with Crippen LogP contribution in [0.3, 0.4) is 0 Å². The predicted molar refractivity (Wildman–Crippen MR) is 165 cm³/mol. The van der Waals surface area contributed by atoms with Gasteiger partial charge in [0.15, 0.2) is 5.78 Å². The molecule has 2 amide bonds. The van der Waals surface area contributed by atoms with Gasteiger partial charge in [-0.3, -0.25) is 14.4 Å². The number of hydrogen-bond donors (Lipinski definition) is 2. The molecular formula is C35H39ClN2O4. The minimum Gasteiger partial charge on any atom is -0.384 e. The number of halogens is 1. The third-order valence-electron chi connectivity index (χ3n) is 9.21. The second kappa shape index (κ2) is 12.0. The van der Waals surface area contributed by atoms with E-state index in [2.05, 4.69) is 5.32 Å². The summed E-state index contributed by atoms with van der Waals surface area (Å²) in [5.74, 6) is -0.484. The molecule has 6 nitrogen and oxygen atoms in total. The molecule has 3 aromatic rings. The minimum absolute atomic E-state index is 0.00879. The van der Waals surface area contributed by atoms with Crippen molar-refractivity contribution in [2.24, 2.45) is 11.3 Å². The number of Topliss-reactive ketones (excluding diaryl/α,β-unsaturated/α-hetero) is 1. The molecule has 3 aromatic carbocycles. The van der Waals surface area contributed by atoms with Gasteiger partial charge in [-0.1, -0.05) is 80.8 Å². The van der Waals surface area contributed by atoms with E-state index in [1.54, 1.807) is 24.3 Å². The Morgan fingerprint density at radius 1 is 0.905 bits per heavy atom. The molecule has 1 aliphatic heterocycles. The Kier molecular flexibility index (Phi) is 8.58. The molecule has 1 saturated carbocycles. The zero-order chi connectivity index (χ0) is 30.1. The fraction of sp³-hybridized carbons (Fsp3) is 0.400. The van der Waals surface area contributed by atoms with Crippen LogP contribution in [-0.4, -0.2) is 46.7 Å². The van der Waals surface area contributed by atoms with E-state index in [-0.39, 0.29) is 29.6 Å². The van der Waals surface area contributed by atoms with Crippen molar-refractivity contribution in [3.63, 3.8) is 0 Å². The lowest BCUT2D eigenvalue weighted by Crippen LogP contribution is -2.59. The third kappa shape index (κ3) is 6.02. The molecule has 2 fully saturated rings. The van der Waals surface area contributed by atoms with Gasteiger partial charge < -0.3 is 15.3 Å². The Balaban J connectivity index is 1.29. The highest BCUT2D eigenvalue weighted by Gasteiger charge is 2.50. The number of likely N-dealkylation sites (tertiary alicyclic amines) is 1. The van der Waals surface area contributed by atoms with E-state index in [0.717, 1.165) is 42.4 Å². The van der Waals surface area contributed by atoms with Crippen LogP contribution in [0.5, 0.6) is 0 Å². The maximum absolute atomic E-state index is 13.9. The number of aliphatic hydroxyl groups is 1. The summed E-state index contributed by atoms with van der Waals surface area (Å²) >= 11 is 6.08. The quantitative estimate of drug-likeness (QED) is 0.317. The predicted octanol–water partition coefficient (Wildman–Crippen LogP) is 6.64. The van der Waals surface area contributed by atoms with E-state index >= 15 is 0 Å². The van der Waals surface area contributed by atoms with Crippen LogP contribution in [0.25, 0.3) is 11.1 Å². The van der Waals surface area contributed by atoms with Gasteiger partial charge in [0, 0.05) is 40.7 Å². The van der Waals surface area contributed by atoms with Crippen molar-refractivity contribution in [3.05, 3.63) is 94.5 Å². The Hall–Kier alpha value is -3.48. The van der Waals surface area contributed by atoms with Gasteiger partial charge in [-0.05, 0) is 73.2 Å². The lowest BCUT2D eigenvalue weighted by atomic mass is 9.66. The standard InChI is InChI=1S/C35H39ClN2O4/c1-23(39)24-8-6-9-25(20-24)26-10-7-11-27(21-26)32(40)37-31-13-5-4-12-30(31)33(41)38-19-18-35(42,34(2,3)22-38)28-14-16-29(36)17-15-28/h6-11,14-17,20-21,30-31,42H,4-5,12-13,18-19,22H2,1-3H3,(H,37,40)/t30-,31+,35-/m0/s1. The van der Waals surface area contributed by atoms with Crippen molar-refractivity contribution in [3.8, 4) is 11.1 Å². The number of nitrogens with zero attached hydrogens (tertiary/aromatic N) is 1. The van der Waals surface area contributed by atoms with Crippen molar-refractivity contribution in [2.75, 3.05) is 13.1 Å². The van der Waals surface area contributed by atoms with E-state index in [4.69, 9.17) is 11.6 Å². The molecule has 1 saturated heterocycles. The molecule has 3 atom stereocenters. The molecule has 0 bridgehead atoms. The average Bonchev–Trinajstić information content (AvgIpc) is 2.99. The van der Waals surface area contributed by atoms with Crippen molar-refractivity contribution in [1.29, 1.82) is 0 Å². The molecule has 7 heteroatoms. The van der Waals surface area contributed by atoms with Crippen LogP contribution in [0.2, 0.25) is 5.02 Å². The van der Waals surface area contributed by atoms with Crippen molar-refractivity contribution < 1.29 is 19.5 Å². The second-order valence-corrected chi connectivity index (χ2v) is 12.9. The molecular weight excluding hydrogens is 548 g/mol. The first-order valence-electron chi connectivity index (χ1n) is 14.8. The molecule has 2 aliphatic rings. The normalized spacial score (nSPS) is 23.7.